The molecule has 0 bridgehead atoms. The number of ketones is 4. The quantitative estimate of drug-likeness (QED) is 0.0181. The molecule has 36 heteroatoms. The SMILES string of the molecule is Cc1ccc(N2C(=O)C(=O)C(=C(O)c3ccc(C#N)cc3)C2c2ccc(C(C)(F)F)cc2)nn1.Cc1ccc(N2C(=O)C(=O)C(=C(O)c3ccc(C#N)cc3)C2c2ccc(OC(F)(F)F)cc2)nn1.Cc1ccc(N2C(=O)C(=O)C(=C(O)c3ccc(C(C)C)cc3)C2c2ccc(OC(C)(F)F)cc2)nn1.Cc1ccc(N2C(=O)C(=O)C(=C(O)c3ccc(C(C)C)cc3)C2c2ccc(SC(C)C)cc2)nn1. The van der Waals surface area contributed by atoms with E-state index in [1.165, 1.54) is 126 Å². The minimum absolute atomic E-state index is 0.0113. The number of alkyl halides is 7. The van der Waals surface area contributed by atoms with Crippen LogP contribution in [0.15, 0.2) is 270 Å². The number of anilines is 4. The second-order valence-electron chi connectivity index (χ2n) is 33.6. The predicted octanol–water partition coefficient (Wildman–Crippen LogP) is 20.1. The number of halogens is 7. The van der Waals surface area contributed by atoms with Crippen molar-refractivity contribution in [3.8, 4) is 23.6 Å². The van der Waals surface area contributed by atoms with Gasteiger partial charge in [-0.3, -0.25) is 58.0 Å². The zero-order chi connectivity index (χ0) is 101. The third kappa shape index (κ3) is 22.5. The number of carbonyl (C=O) groups is 8. The van der Waals surface area contributed by atoms with E-state index in [0.29, 0.717) is 79.8 Å². The van der Waals surface area contributed by atoms with Crippen molar-refractivity contribution in [1.82, 2.24) is 40.8 Å². The van der Waals surface area contributed by atoms with Gasteiger partial charge in [0.05, 0.1) is 92.5 Å². The number of aliphatic hydroxyl groups excluding tert-OH is 4. The minimum Gasteiger partial charge on any atom is -0.507 e. The standard InChI is InChI=1S/C28H29N3O3S.C27H25F2N3O4.C25H18F2N4O3.C24H15F3N4O4/c1-16(2)19-7-9-21(10-8-19)26(32)24-25(20-11-13-22(14-12-20)35-17(3)4)31(28(34)27(24)33)23-15-6-18(5)29-30-23;1-15(2)17-6-8-19(9-7-17)24(33)22-23(18-10-12-20(13-11-18)36-27(4,28)29)32(26(35)25(22)34)21-14-5-16(3)30-31-21;1-14-3-12-19(30-29-14)31-21(16-8-10-18(11-9-16)25(2,26)27)20(23(33)24(31)34)22(32)17-6-4-15(13-28)5-7-17;1-13-2-11-18(30-29-13)31-20(15-7-9-17(10-8-15)35-24(25,26)27)19(22(33)23(31)34)21(32)16-5-3-14(12-28)4-6-16/h6-17,25,32H,1-5H3;5-15,23,33H,1-4H3;3-12,21,32H,1-2H3;2-11,20,32H,1H3. The Morgan fingerprint density at radius 2 is 0.593 bits per heavy atom. The molecule has 12 aromatic rings. The molecule has 712 valence electrons. The van der Waals surface area contributed by atoms with Crippen LogP contribution in [0.3, 0.4) is 0 Å². The van der Waals surface area contributed by atoms with Crippen molar-refractivity contribution in [2.45, 2.75) is 148 Å². The summed E-state index contributed by atoms with van der Waals surface area (Å²) in [6.07, 6.45) is -8.28. The Bertz CT molecular complexity index is 6960. The number of ether oxygens (including phenoxy) is 2. The zero-order valence-corrected chi connectivity index (χ0v) is 77.6. The molecule has 4 aliphatic heterocycles. The van der Waals surface area contributed by atoms with Crippen molar-refractivity contribution >= 4 is 105 Å². The lowest BCUT2D eigenvalue weighted by Crippen LogP contribution is -2.30. The molecule has 0 aliphatic carbocycles. The number of aryl methyl sites for hydroxylation is 4. The fourth-order valence-electron chi connectivity index (χ4n) is 15.4. The average Bonchev–Trinajstić information content (AvgIpc) is 1.61. The van der Waals surface area contributed by atoms with Gasteiger partial charge in [0.15, 0.2) is 23.3 Å². The lowest BCUT2D eigenvalue weighted by molar-refractivity contribution is -0.274. The minimum atomic E-state index is -4.90. The fourth-order valence-corrected chi connectivity index (χ4v) is 16.3. The van der Waals surface area contributed by atoms with Crippen molar-refractivity contribution < 1.29 is 99.0 Å². The molecule has 140 heavy (non-hydrogen) atoms. The first-order valence-electron chi connectivity index (χ1n) is 43.3. The summed E-state index contributed by atoms with van der Waals surface area (Å²) < 4.78 is 100. The summed E-state index contributed by atoms with van der Waals surface area (Å²) in [6, 6.07) is 61.4. The van der Waals surface area contributed by atoms with Gasteiger partial charge in [-0.25, -0.2) is 8.78 Å². The van der Waals surface area contributed by atoms with Gasteiger partial charge in [-0.1, -0.05) is 151 Å². The van der Waals surface area contributed by atoms with Crippen LogP contribution < -0.4 is 29.1 Å². The molecular formula is C104H87F7N14O14S. The summed E-state index contributed by atoms with van der Waals surface area (Å²) in [6.45, 7) is 20.8. The first-order valence-corrected chi connectivity index (χ1v) is 44.2. The second-order valence-corrected chi connectivity index (χ2v) is 35.2. The topological polar surface area (TPSA) is 400 Å². The predicted molar refractivity (Wildman–Crippen MR) is 504 cm³/mol. The van der Waals surface area contributed by atoms with Gasteiger partial charge in [0, 0.05) is 51.8 Å². The van der Waals surface area contributed by atoms with Crippen LogP contribution in [0.1, 0.15) is 186 Å². The van der Waals surface area contributed by atoms with Gasteiger partial charge >= 0.3 is 36.1 Å². The van der Waals surface area contributed by atoms with E-state index in [9.17, 15) is 89.5 Å². The molecule has 0 spiro atoms. The number of aliphatic hydroxyl groups is 4. The number of thioether (sulfide) groups is 1. The van der Waals surface area contributed by atoms with Crippen LogP contribution >= 0.6 is 11.8 Å². The number of rotatable bonds is 20. The van der Waals surface area contributed by atoms with Gasteiger partial charge in [-0.15, -0.1) is 45.3 Å². The van der Waals surface area contributed by atoms with Crippen LogP contribution in [-0.2, 0) is 44.3 Å². The average molecular weight is 1920 g/mol. The number of hydrogen-bond acceptors (Lipinski definition) is 25. The van der Waals surface area contributed by atoms with E-state index in [1.807, 2.05) is 74.5 Å². The van der Waals surface area contributed by atoms with Gasteiger partial charge in [-0.05, 0) is 206 Å². The molecule has 16 rings (SSSR count). The highest BCUT2D eigenvalue weighted by Gasteiger charge is 2.53. The smallest absolute Gasteiger partial charge is 0.507 e. The zero-order valence-electron chi connectivity index (χ0n) is 76.8. The monoisotopic (exact) mass is 1920 g/mol. The summed E-state index contributed by atoms with van der Waals surface area (Å²) in [5.74, 6) is -11.3. The Labute approximate surface area is 801 Å². The summed E-state index contributed by atoms with van der Waals surface area (Å²) in [5.41, 5.74) is 7.27. The first kappa shape index (κ1) is 101. The highest BCUT2D eigenvalue weighted by molar-refractivity contribution is 7.99. The number of nitriles is 2. The second kappa shape index (κ2) is 41.8. The fraction of sp³-hybridized carbons (Fsp3) is 0.212. The maximum Gasteiger partial charge on any atom is 0.573 e. The highest BCUT2D eigenvalue weighted by atomic mass is 32.2. The van der Waals surface area contributed by atoms with E-state index in [-0.39, 0.29) is 91.0 Å². The lowest BCUT2D eigenvalue weighted by atomic mass is 9.94. The van der Waals surface area contributed by atoms with E-state index in [4.69, 9.17) is 10.5 Å². The largest absolute Gasteiger partial charge is 0.573 e. The third-order valence-corrected chi connectivity index (χ3v) is 23.4. The molecule has 4 amide bonds. The summed E-state index contributed by atoms with van der Waals surface area (Å²) in [5, 5.41) is 95.1. The molecular weight excluding hydrogens is 1830 g/mol. The van der Waals surface area contributed by atoms with E-state index in [0.717, 1.165) is 49.8 Å². The molecule has 8 heterocycles. The van der Waals surface area contributed by atoms with Crippen molar-refractivity contribution in [3.05, 3.63) is 360 Å². The number of amides is 4. The molecule has 4 atom stereocenters. The Hall–Kier alpha value is -16.8. The van der Waals surface area contributed by atoms with Crippen molar-refractivity contribution in [3.63, 3.8) is 0 Å². The number of benzene rings is 8. The molecule has 4 unspecified atom stereocenters. The molecule has 0 saturated carbocycles. The Morgan fingerprint density at radius 1 is 0.343 bits per heavy atom. The van der Waals surface area contributed by atoms with Gasteiger partial charge < -0.3 is 29.9 Å². The molecule has 28 nitrogen and oxygen atoms in total. The van der Waals surface area contributed by atoms with Crippen LogP contribution in [0.5, 0.6) is 11.5 Å². The van der Waals surface area contributed by atoms with Gasteiger partial charge in [0.1, 0.15) is 34.5 Å². The highest BCUT2D eigenvalue weighted by Crippen LogP contribution is 2.48. The molecule has 4 aromatic heterocycles. The van der Waals surface area contributed by atoms with Crippen LogP contribution in [0.2, 0.25) is 0 Å². The molecule has 4 saturated heterocycles. The molecule has 0 radical (unpaired) electrons. The van der Waals surface area contributed by atoms with Crippen molar-refractivity contribution in [2.75, 3.05) is 19.6 Å². The van der Waals surface area contributed by atoms with Crippen LogP contribution in [-0.4, -0.2) is 126 Å². The summed E-state index contributed by atoms with van der Waals surface area (Å²) in [4.78, 5) is 111. The molecule has 4 N–H and O–H groups in total. The number of Topliss-reactive ketones (excluding diaryl/α,β-unsaturated/α-hetero) is 4. The maximum absolute atomic E-state index is 13.7. The number of carbonyl (C=O) groups excluding carboxylic acids is 8. The van der Waals surface area contributed by atoms with Gasteiger partial charge in [0.25, 0.3) is 29.1 Å². The van der Waals surface area contributed by atoms with E-state index < -0.39 is 107 Å². The van der Waals surface area contributed by atoms with Crippen LogP contribution in [0, 0.1) is 50.4 Å². The van der Waals surface area contributed by atoms with Crippen LogP contribution in [0.25, 0.3) is 23.0 Å². The number of hydrogen-bond donors (Lipinski definition) is 4. The normalized spacial score (nSPS) is 17.5. The molecule has 8 aromatic carbocycles. The molecule has 4 aliphatic rings. The van der Waals surface area contributed by atoms with Gasteiger partial charge in [-0.2, -0.15) is 39.7 Å². The van der Waals surface area contributed by atoms with Crippen molar-refractivity contribution in [1.29, 1.82) is 10.5 Å². The van der Waals surface area contributed by atoms with Gasteiger partial charge in [0.2, 0.25) is 0 Å². The first-order chi connectivity index (χ1) is 66.3. The maximum atomic E-state index is 13.7. The lowest BCUT2D eigenvalue weighted by Gasteiger charge is -2.24. The Kier molecular flexibility index (Phi) is 30.1. The molecule has 4 fully saturated rings. The summed E-state index contributed by atoms with van der Waals surface area (Å²) >= 11 is 1.73. The Morgan fingerprint density at radius 3 is 0.814 bits per heavy atom. The Balaban J connectivity index is 0.000000157. The third-order valence-electron chi connectivity index (χ3n) is 22.4. The summed E-state index contributed by atoms with van der Waals surface area (Å²) in [7, 11) is 0. The van der Waals surface area contributed by atoms with Crippen molar-refractivity contribution in [2.24, 2.45) is 0 Å². The van der Waals surface area contributed by atoms with Crippen LogP contribution in [0.4, 0.5) is 54.0 Å². The van der Waals surface area contributed by atoms with E-state index in [1.54, 1.807) is 100 Å². The number of aromatic nitrogens is 8. The number of nitrogens with zero attached hydrogens (tertiary/aromatic N) is 14. The van der Waals surface area contributed by atoms with E-state index >= 15 is 0 Å². The van der Waals surface area contributed by atoms with E-state index in [2.05, 4.69) is 78.0 Å².